The predicted molar refractivity (Wildman–Crippen MR) is 88.3 cm³/mol. The fourth-order valence-electron chi connectivity index (χ4n) is 2.80. The highest BCUT2D eigenvalue weighted by atomic mass is 16.5. The number of nitrogens with one attached hydrogen (secondary N) is 1. The van der Waals surface area contributed by atoms with E-state index in [0.29, 0.717) is 6.04 Å². The molecule has 22 heavy (non-hydrogen) atoms. The van der Waals surface area contributed by atoms with E-state index in [1.165, 1.54) is 11.1 Å². The molecule has 0 aliphatic carbocycles. The minimum atomic E-state index is 0.200. The van der Waals surface area contributed by atoms with Crippen LogP contribution >= 0.6 is 0 Å². The van der Waals surface area contributed by atoms with Crippen molar-refractivity contribution in [2.75, 3.05) is 6.61 Å². The monoisotopic (exact) mass is 297 g/mol. The quantitative estimate of drug-likeness (QED) is 0.901. The minimum absolute atomic E-state index is 0.200. The fourth-order valence-corrected chi connectivity index (χ4v) is 2.80. The third-order valence-corrected chi connectivity index (χ3v) is 3.78. The molecule has 116 valence electrons. The van der Waals surface area contributed by atoms with Gasteiger partial charge in [0.05, 0.1) is 12.7 Å². The lowest BCUT2D eigenvalue weighted by molar-refractivity contribution is 0.241. The topological polar surface area (TPSA) is 30.5 Å². The molecular weight excluding hydrogens is 274 g/mol. The van der Waals surface area contributed by atoms with Crippen molar-refractivity contribution in [2.45, 2.75) is 39.0 Å². The Labute approximate surface area is 132 Å². The first kappa shape index (κ1) is 14.9. The number of hydrogen-bond donors (Lipinski definition) is 1. The van der Waals surface area contributed by atoms with Crippen LogP contribution in [0.2, 0.25) is 0 Å². The van der Waals surface area contributed by atoms with Gasteiger partial charge < -0.3 is 14.8 Å². The summed E-state index contributed by atoms with van der Waals surface area (Å²) in [6, 6.07) is 16.9. The SMILES string of the molecule is CC(C)Oc1cccc(CNC2CCOc3ccccc32)c1. The first-order chi connectivity index (χ1) is 10.7. The molecule has 0 aromatic heterocycles. The Kier molecular flexibility index (Phi) is 4.64. The van der Waals surface area contributed by atoms with Gasteiger partial charge in [0, 0.05) is 24.6 Å². The van der Waals surface area contributed by atoms with Gasteiger partial charge in [-0.25, -0.2) is 0 Å². The molecule has 1 aliphatic rings. The third-order valence-electron chi connectivity index (χ3n) is 3.78. The first-order valence-corrected chi connectivity index (χ1v) is 7.93. The summed E-state index contributed by atoms with van der Waals surface area (Å²) in [5.74, 6) is 1.94. The molecule has 1 atom stereocenters. The van der Waals surface area contributed by atoms with E-state index in [9.17, 15) is 0 Å². The van der Waals surface area contributed by atoms with Gasteiger partial charge in [-0.05, 0) is 37.6 Å². The molecule has 3 heteroatoms. The van der Waals surface area contributed by atoms with Crippen LogP contribution in [0.4, 0.5) is 0 Å². The van der Waals surface area contributed by atoms with E-state index in [1.54, 1.807) is 0 Å². The van der Waals surface area contributed by atoms with Crippen molar-refractivity contribution in [3.63, 3.8) is 0 Å². The summed E-state index contributed by atoms with van der Waals surface area (Å²) >= 11 is 0. The summed E-state index contributed by atoms with van der Waals surface area (Å²) in [5.41, 5.74) is 2.49. The van der Waals surface area contributed by atoms with Gasteiger partial charge in [-0.15, -0.1) is 0 Å². The predicted octanol–water partition coefficient (Wildman–Crippen LogP) is 4.09. The number of ether oxygens (including phenoxy) is 2. The van der Waals surface area contributed by atoms with Crippen LogP contribution < -0.4 is 14.8 Å². The average Bonchev–Trinajstić information content (AvgIpc) is 2.52. The molecule has 2 aromatic rings. The van der Waals surface area contributed by atoms with Crippen molar-refractivity contribution in [1.29, 1.82) is 0 Å². The second-order valence-corrected chi connectivity index (χ2v) is 5.92. The van der Waals surface area contributed by atoms with Crippen molar-refractivity contribution < 1.29 is 9.47 Å². The van der Waals surface area contributed by atoms with Gasteiger partial charge in [0.25, 0.3) is 0 Å². The van der Waals surface area contributed by atoms with Crippen LogP contribution in [0.1, 0.15) is 37.4 Å². The third kappa shape index (κ3) is 3.60. The Morgan fingerprint density at radius 1 is 1.18 bits per heavy atom. The highest BCUT2D eigenvalue weighted by Gasteiger charge is 2.20. The highest BCUT2D eigenvalue weighted by molar-refractivity contribution is 5.37. The van der Waals surface area contributed by atoms with Gasteiger partial charge in [0.2, 0.25) is 0 Å². The second-order valence-electron chi connectivity index (χ2n) is 5.92. The molecule has 0 saturated heterocycles. The molecule has 0 fully saturated rings. The zero-order valence-electron chi connectivity index (χ0n) is 13.2. The molecule has 0 bridgehead atoms. The van der Waals surface area contributed by atoms with Crippen LogP contribution in [0, 0.1) is 0 Å². The highest BCUT2D eigenvalue weighted by Crippen LogP contribution is 2.31. The van der Waals surface area contributed by atoms with Gasteiger partial charge in [-0.2, -0.15) is 0 Å². The number of benzene rings is 2. The van der Waals surface area contributed by atoms with Crippen molar-refractivity contribution >= 4 is 0 Å². The molecule has 2 aromatic carbocycles. The van der Waals surface area contributed by atoms with Crippen LogP contribution in [0.5, 0.6) is 11.5 Å². The molecule has 3 rings (SSSR count). The molecule has 1 heterocycles. The van der Waals surface area contributed by atoms with Gasteiger partial charge >= 0.3 is 0 Å². The molecule has 0 spiro atoms. The molecule has 1 unspecified atom stereocenters. The summed E-state index contributed by atoms with van der Waals surface area (Å²) in [5, 5.41) is 3.64. The number of para-hydroxylation sites is 1. The van der Waals surface area contributed by atoms with Crippen molar-refractivity contribution in [1.82, 2.24) is 5.32 Å². The van der Waals surface area contributed by atoms with E-state index in [2.05, 4.69) is 29.6 Å². The lowest BCUT2D eigenvalue weighted by Crippen LogP contribution is -2.26. The first-order valence-electron chi connectivity index (χ1n) is 7.93. The maximum Gasteiger partial charge on any atom is 0.124 e. The number of fused-ring (bicyclic) bond motifs is 1. The van der Waals surface area contributed by atoms with Crippen LogP contribution in [-0.2, 0) is 6.54 Å². The van der Waals surface area contributed by atoms with E-state index in [1.807, 2.05) is 38.1 Å². The zero-order valence-corrected chi connectivity index (χ0v) is 13.2. The number of hydrogen-bond acceptors (Lipinski definition) is 3. The van der Waals surface area contributed by atoms with E-state index < -0.39 is 0 Å². The van der Waals surface area contributed by atoms with Crippen LogP contribution in [0.15, 0.2) is 48.5 Å². The molecule has 0 radical (unpaired) electrons. The van der Waals surface area contributed by atoms with E-state index in [-0.39, 0.29) is 6.10 Å². The summed E-state index contributed by atoms with van der Waals surface area (Å²) in [6.45, 7) is 5.69. The molecule has 0 amide bonds. The van der Waals surface area contributed by atoms with Gasteiger partial charge in [0.15, 0.2) is 0 Å². The summed E-state index contributed by atoms with van der Waals surface area (Å²) in [7, 11) is 0. The largest absolute Gasteiger partial charge is 0.493 e. The van der Waals surface area contributed by atoms with Gasteiger partial charge in [-0.1, -0.05) is 30.3 Å². The van der Waals surface area contributed by atoms with E-state index >= 15 is 0 Å². The van der Waals surface area contributed by atoms with E-state index in [0.717, 1.165) is 31.1 Å². The Morgan fingerprint density at radius 3 is 2.91 bits per heavy atom. The van der Waals surface area contributed by atoms with Gasteiger partial charge in [-0.3, -0.25) is 0 Å². The van der Waals surface area contributed by atoms with Crippen molar-refractivity contribution in [3.8, 4) is 11.5 Å². The molecular formula is C19H23NO2. The van der Waals surface area contributed by atoms with E-state index in [4.69, 9.17) is 9.47 Å². The fraction of sp³-hybridized carbons (Fsp3) is 0.368. The summed E-state index contributed by atoms with van der Waals surface area (Å²) in [4.78, 5) is 0. The van der Waals surface area contributed by atoms with Crippen LogP contribution in [0.3, 0.4) is 0 Å². The molecule has 3 nitrogen and oxygen atoms in total. The summed E-state index contributed by atoms with van der Waals surface area (Å²) < 4.78 is 11.5. The van der Waals surface area contributed by atoms with Crippen LogP contribution in [-0.4, -0.2) is 12.7 Å². The summed E-state index contributed by atoms with van der Waals surface area (Å²) in [6.07, 6.45) is 1.20. The maximum atomic E-state index is 5.76. The Bertz CT molecular complexity index is 624. The lowest BCUT2D eigenvalue weighted by atomic mass is 10.0. The van der Waals surface area contributed by atoms with Crippen molar-refractivity contribution in [2.24, 2.45) is 0 Å². The lowest BCUT2D eigenvalue weighted by Gasteiger charge is -2.26. The second kappa shape index (κ2) is 6.84. The minimum Gasteiger partial charge on any atom is -0.493 e. The maximum absolute atomic E-state index is 5.76. The normalized spacial score (nSPS) is 17.0. The Morgan fingerprint density at radius 2 is 2.05 bits per heavy atom. The molecule has 1 N–H and O–H groups in total. The van der Waals surface area contributed by atoms with Crippen molar-refractivity contribution in [3.05, 3.63) is 59.7 Å². The smallest absolute Gasteiger partial charge is 0.124 e. The number of rotatable bonds is 5. The molecule has 0 saturated carbocycles. The Balaban J connectivity index is 1.66. The Hall–Kier alpha value is -2.00. The van der Waals surface area contributed by atoms with Gasteiger partial charge in [0.1, 0.15) is 11.5 Å². The van der Waals surface area contributed by atoms with Crippen LogP contribution in [0.25, 0.3) is 0 Å². The molecule has 1 aliphatic heterocycles. The average molecular weight is 297 g/mol. The standard InChI is InChI=1S/C19H23NO2/c1-14(2)22-16-7-5-6-15(12-16)13-20-18-10-11-21-19-9-4-3-8-17(18)19/h3-9,12,14,18,20H,10-11,13H2,1-2H3. The zero-order chi connectivity index (χ0) is 15.4.